The van der Waals surface area contributed by atoms with E-state index < -0.39 is 12.0 Å². The summed E-state index contributed by atoms with van der Waals surface area (Å²) in [4.78, 5) is 24.4. The minimum absolute atomic E-state index is 0.239. The molecule has 1 aromatic heterocycles. The third-order valence-electron chi connectivity index (χ3n) is 2.72. The largest absolute Gasteiger partial charge is 0.480 e. The lowest BCUT2D eigenvalue weighted by molar-refractivity contribution is -0.141. The SMILES string of the molecule is O=C(O)C1CSCCN1C(=O)NCc1cccnn1. The number of carbonyl (C=O) groups is 2. The average molecular weight is 282 g/mol. The fourth-order valence-electron chi connectivity index (χ4n) is 1.75. The van der Waals surface area contributed by atoms with E-state index in [1.54, 1.807) is 30.1 Å². The summed E-state index contributed by atoms with van der Waals surface area (Å²) in [6.45, 7) is 0.677. The molecule has 1 saturated heterocycles. The van der Waals surface area contributed by atoms with Crippen LogP contribution in [0.15, 0.2) is 18.3 Å². The molecule has 1 unspecified atom stereocenters. The molecule has 7 nitrogen and oxygen atoms in total. The molecule has 102 valence electrons. The predicted molar refractivity (Wildman–Crippen MR) is 69.7 cm³/mol. The van der Waals surface area contributed by atoms with Crippen LogP contribution in [0.5, 0.6) is 0 Å². The Labute approximate surface area is 114 Å². The minimum atomic E-state index is -0.971. The van der Waals surface area contributed by atoms with E-state index in [2.05, 4.69) is 15.5 Å². The zero-order chi connectivity index (χ0) is 13.7. The van der Waals surface area contributed by atoms with E-state index in [1.807, 2.05) is 0 Å². The van der Waals surface area contributed by atoms with Gasteiger partial charge in [0.1, 0.15) is 6.04 Å². The molecule has 2 N–H and O–H groups in total. The quantitative estimate of drug-likeness (QED) is 0.821. The van der Waals surface area contributed by atoms with Gasteiger partial charge in [0, 0.05) is 24.2 Å². The van der Waals surface area contributed by atoms with Crippen LogP contribution in [0.1, 0.15) is 5.69 Å². The van der Waals surface area contributed by atoms with Gasteiger partial charge in [0.05, 0.1) is 12.2 Å². The number of carboxylic acids is 1. The number of hydrogen-bond donors (Lipinski definition) is 2. The molecule has 1 aromatic rings. The van der Waals surface area contributed by atoms with Gasteiger partial charge in [-0.1, -0.05) is 0 Å². The Morgan fingerprint density at radius 2 is 2.42 bits per heavy atom. The zero-order valence-electron chi connectivity index (χ0n) is 10.2. The first-order valence-electron chi connectivity index (χ1n) is 5.80. The van der Waals surface area contributed by atoms with Crippen LogP contribution in [0, 0.1) is 0 Å². The number of amides is 2. The summed E-state index contributed by atoms with van der Waals surface area (Å²) in [7, 11) is 0. The van der Waals surface area contributed by atoms with Crippen molar-refractivity contribution in [3.8, 4) is 0 Å². The van der Waals surface area contributed by atoms with Crippen LogP contribution in [0.25, 0.3) is 0 Å². The van der Waals surface area contributed by atoms with E-state index in [1.165, 1.54) is 4.90 Å². The Bertz CT molecular complexity index is 457. The number of carboxylic acid groups (broad SMARTS) is 1. The number of hydrogen-bond acceptors (Lipinski definition) is 5. The fraction of sp³-hybridized carbons (Fsp3) is 0.455. The van der Waals surface area contributed by atoms with Crippen molar-refractivity contribution in [2.75, 3.05) is 18.1 Å². The van der Waals surface area contributed by atoms with Crippen molar-refractivity contribution in [3.05, 3.63) is 24.0 Å². The Hall–Kier alpha value is -1.83. The second-order valence-corrected chi connectivity index (χ2v) is 5.15. The maximum absolute atomic E-state index is 12.0. The maximum atomic E-state index is 12.0. The van der Waals surface area contributed by atoms with Crippen LogP contribution in [0.4, 0.5) is 4.79 Å². The lowest BCUT2D eigenvalue weighted by Crippen LogP contribution is -2.53. The number of urea groups is 1. The third kappa shape index (κ3) is 3.57. The highest BCUT2D eigenvalue weighted by atomic mass is 32.2. The molecule has 0 bridgehead atoms. The fourth-order valence-corrected chi connectivity index (χ4v) is 2.79. The van der Waals surface area contributed by atoms with Crippen LogP contribution < -0.4 is 5.32 Å². The highest BCUT2D eigenvalue weighted by molar-refractivity contribution is 7.99. The second-order valence-electron chi connectivity index (χ2n) is 4.00. The summed E-state index contributed by atoms with van der Waals surface area (Å²) in [6, 6.07) is 2.33. The standard InChI is InChI=1S/C11H14N4O3S/c16-10(17)9-7-19-5-4-15(9)11(18)12-6-8-2-1-3-13-14-8/h1-3,9H,4-7H2,(H,12,18)(H,16,17). The van der Waals surface area contributed by atoms with E-state index in [0.717, 1.165) is 5.75 Å². The van der Waals surface area contributed by atoms with Crippen LogP contribution in [0.2, 0.25) is 0 Å². The van der Waals surface area contributed by atoms with Gasteiger partial charge in [-0.15, -0.1) is 0 Å². The van der Waals surface area contributed by atoms with Gasteiger partial charge in [0.25, 0.3) is 0 Å². The molecule has 0 aromatic carbocycles. The molecule has 8 heteroatoms. The number of aliphatic carboxylic acids is 1. The normalized spacial score (nSPS) is 18.9. The van der Waals surface area contributed by atoms with Crippen LogP contribution >= 0.6 is 11.8 Å². The van der Waals surface area contributed by atoms with Crippen molar-refractivity contribution < 1.29 is 14.7 Å². The van der Waals surface area contributed by atoms with Crippen molar-refractivity contribution in [2.45, 2.75) is 12.6 Å². The summed E-state index contributed by atoms with van der Waals surface area (Å²) in [5, 5.41) is 19.3. The molecule has 0 aliphatic carbocycles. The minimum Gasteiger partial charge on any atom is -0.480 e. The van der Waals surface area contributed by atoms with Crippen LogP contribution in [-0.4, -0.2) is 56.3 Å². The molecule has 0 saturated carbocycles. The lowest BCUT2D eigenvalue weighted by Gasteiger charge is -2.32. The van der Waals surface area contributed by atoms with Gasteiger partial charge in [-0.25, -0.2) is 9.59 Å². The number of rotatable bonds is 3. The monoisotopic (exact) mass is 282 g/mol. The van der Waals surface area contributed by atoms with E-state index >= 15 is 0 Å². The molecule has 0 spiro atoms. The highest BCUT2D eigenvalue weighted by Crippen LogP contribution is 2.16. The van der Waals surface area contributed by atoms with Gasteiger partial charge >= 0.3 is 12.0 Å². The van der Waals surface area contributed by atoms with Crippen LogP contribution in [0.3, 0.4) is 0 Å². The van der Waals surface area contributed by atoms with Gasteiger partial charge in [0.2, 0.25) is 0 Å². The smallest absolute Gasteiger partial charge is 0.327 e. The number of carbonyl (C=O) groups excluding carboxylic acids is 1. The highest BCUT2D eigenvalue weighted by Gasteiger charge is 2.32. The lowest BCUT2D eigenvalue weighted by atomic mass is 10.3. The van der Waals surface area contributed by atoms with E-state index in [-0.39, 0.29) is 12.6 Å². The van der Waals surface area contributed by atoms with Gasteiger partial charge < -0.3 is 15.3 Å². The Balaban J connectivity index is 1.93. The van der Waals surface area contributed by atoms with E-state index in [9.17, 15) is 9.59 Å². The van der Waals surface area contributed by atoms with E-state index in [0.29, 0.717) is 18.0 Å². The Morgan fingerprint density at radius 1 is 1.58 bits per heavy atom. The number of nitrogens with zero attached hydrogens (tertiary/aromatic N) is 3. The number of aromatic nitrogens is 2. The Morgan fingerprint density at radius 3 is 3.11 bits per heavy atom. The van der Waals surface area contributed by atoms with E-state index in [4.69, 9.17) is 5.11 Å². The van der Waals surface area contributed by atoms with Gasteiger partial charge in [-0.3, -0.25) is 0 Å². The molecule has 1 atom stereocenters. The zero-order valence-corrected chi connectivity index (χ0v) is 11.0. The molecule has 1 fully saturated rings. The van der Waals surface area contributed by atoms with Gasteiger partial charge in [-0.2, -0.15) is 22.0 Å². The summed E-state index contributed by atoms with van der Waals surface area (Å²) in [5.41, 5.74) is 0.633. The first-order valence-corrected chi connectivity index (χ1v) is 6.95. The van der Waals surface area contributed by atoms with Crippen molar-refractivity contribution in [1.29, 1.82) is 0 Å². The average Bonchev–Trinajstić information content (AvgIpc) is 2.46. The summed E-state index contributed by atoms with van der Waals surface area (Å²) in [5.74, 6) is 0.206. The molecule has 2 rings (SSSR count). The van der Waals surface area contributed by atoms with Crippen LogP contribution in [-0.2, 0) is 11.3 Å². The van der Waals surface area contributed by atoms with Crippen molar-refractivity contribution >= 4 is 23.8 Å². The molecular weight excluding hydrogens is 268 g/mol. The van der Waals surface area contributed by atoms with Gasteiger partial charge in [-0.05, 0) is 12.1 Å². The third-order valence-corrected chi connectivity index (χ3v) is 3.75. The molecule has 0 radical (unpaired) electrons. The molecule has 1 aliphatic heterocycles. The molecule has 19 heavy (non-hydrogen) atoms. The van der Waals surface area contributed by atoms with Crippen molar-refractivity contribution in [2.24, 2.45) is 0 Å². The summed E-state index contributed by atoms with van der Waals surface area (Å²) in [6.07, 6.45) is 1.55. The summed E-state index contributed by atoms with van der Waals surface area (Å²) >= 11 is 1.54. The molecule has 1 aliphatic rings. The summed E-state index contributed by atoms with van der Waals surface area (Å²) < 4.78 is 0. The first kappa shape index (κ1) is 13.6. The van der Waals surface area contributed by atoms with Crippen molar-refractivity contribution in [1.82, 2.24) is 20.4 Å². The number of nitrogens with one attached hydrogen (secondary N) is 1. The van der Waals surface area contributed by atoms with Gasteiger partial charge in [0.15, 0.2) is 0 Å². The number of thioether (sulfide) groups is 1. The topological polar surface area (TPSA) is 95.4 Å². The molecule has 2 amide bonds. The maximum Gasteiger partial charge on any atom is 0.327 e. The predicted octanol–water partition coefficient (Wildman–Crippen LogP) is 0.188. The Kier molecular flexibility index (Phi) is 4.56. The first-order chi connectivity index (χ1) is 9.18. The second kappa shape index (κ2) is 6.37. The molecular formula is C11H14N4O3S. The van der Waals surface area contributed by atoms with Crippen molar-refractivity contribution in [3.63, 3.8) is 0 Å². The molecule has 2 heterocycles.